The number of fused-ring (bicyclic) bond motifs is 1. The molecule has 4 amide bonds. The quantitative estimate of drug-likeness (QED) is 0.0972. The van der Waals surface area contributed by atoms with Crippen molar-refractivity contribution in [3.8, 4) is 22.9 Å². The van der Waals surface area contributed by atoms with Crippen LogP contribution in [-0.2, 0) is 32.7 Å². The molecule has 1 spiro atoms. The van der Waals surface area contributed by atoms with Crippen LogP contribution >= 0.6 is 19.1 Å². The molecular weight excluding hydrogens is 826 g/mol. The van der Waals surface area contributed by atoms with Crippen molar-refractivity contribution in [2.75, 3.05) is 33.2 Å². The number of benzene rings is 1. The summed E-state index contributed by atoms with van der Waals surface area (Å²) in [6.45, 7) is 13.5. The van der Waals surface area contributed by atoms with Crippen LogP contribution in [0.4, 0.5) is 9.93 Å². The van der Waals surface area contributed by atoms with Gasteiger partial charge in [0.25, 0.3) is 5.91 Å². The molecule has 3 saturated carbocycles. The van der Waals surface area contributed by atoms with Gasteiger partial charge >= 0.3 is 13.8 Å². The lowest BCUT2D eigenvalue weighted by Gasteiger charge is -2.35. The van der Waals surface area contributed by atoms with Crippen molar-refractivity contribution < 1.29 is 47.0 Å². The van der Waals surface area contributed by atoms with Crippen molar-refractivity contribution >= 4 is 58.9 Å². The number of alkyl carbamates (subject to hydrolysis) is 1. The summed E-state index contributed by atoms with van der Waals surface area (Å²) >= 11 is 1.45. The minimum Gasteiger partial charge on any atom is -0.497 e. The summed E-state index contributed by atoms with van der Waals surface area (Å²) in [5.41, 5.74) is -0.556. The number of anilines is 1. The number of methoxy groups -OCH3 is 1. The Bertz CT molecular complexity index is 2270. The van der Waals surface area contributed by atoms with Crippen LogP contribution in [0.3, 0.4) is 0 Å². The molecule has 1 aromatic carbocycles. The highest BCUT2D eigenvalue weighted by atomic mass is 32.1. The van der Waals surface area contributed by atoms with Crippen LogP contribution in [0.1, 0.15) is 79.6 Å². The van der Waals surface area contributed by atoms with Gasteiger partial charge in [-0.15, -0.1) is 11.3 Å². The van der Waals surface area contributed by atoms with E-state index in [0.29, 0.717) is 40.2 Å². The van der Waals surface area contributed by atoms with Crippen molar-refractivity contribution in [1.29, 1.82) is 0 Å². The number of nitrogens with one attached hydrogen (secondary N) is 4. The van der Waals surface area contributed by atoms with E-state index in [-0.39, 0.29) is 31.5 Å². The molecular formula is C42H56N7O10PS. The number of nitrogens with zero attached hydrogens (tertiary/aromatic N) is 3. The first-order chi connectivity index (χ1) is 28.8. The fraction of sp³-hybridized carbons (Fsp3) is 0.571. The van der Waals surface area contributed by atoms with Gasteiger partial charge in [-0.2, -0.15) is 0 Å². The lowest BCUT2D eigenvalue weighted by Crippen LogP contribution is -2.60. The number of carbonyl (C=O) groups excluding carboxylic acids is 4. The molecule has 0 bridgehead atoms. The second-order valence-corrected chi connectivity index (χ2v) is 20.5. The third kappa shape index (κ3) is 8.95. The standard InChI is InChI=1S/C42H56N7O10PS/c1-23(2)43-38-45-31(21-61-38)30-18-33(28-15-14-26(55-7)16-29(28)44-30)58-27-17-32(35(50)47-42(22-41(42)19-24(41)3)37(52)48-60(54,56-8)57-9)49(20-27)36(51)34(40(4,5)6)46-39(53)59-25-12-10-11-13-25/h14-16,18,21,23,25,27,32,34H,3,10-13,17,19-20,22H2,1-2,4-9H3,(H,43,45)(H,46,53)(H,47,50)(H,48,52,54)/t27-,32+,34-,41+,42+/m1/s1. The molecule has 3 heterocycles. The number of likely N-dealkylation sites (tertiary alicyclic amines) is 1. The van der Waals surface area contributed by atoms with E-state index >= 15 is 0 Å². The van der Waals surface area contributed by atoms with E-state index in [9.17, 15) is 23.7 Å². The maximum absolute atomic E-state index is 14.9. The molecule has 4 fully saturated rings. The third-order valence-corrected chi connectivity index (χ3v) is 14.2. The van der Waals surface area contributed by atoms with Gasteiger partial charge in [0.1, 0.15) is 47.0 Å². The van der Waals surface area contributed by atoms with Crippen molar-refractivity contribution in [3.63, 3.8) is 0 Å². The predicted molar refractivity (Wildman–Crippen MR) is 229 cm³/mol. The summed E-state index contributed by atoms with van der Waals surface area (Å²) in [5, 5.41) is 14.7. The SMILES string of the molecule is C=C1C[C@]12C[C@]2(NC(=O)[C@@H]1C[C@@H](Oc2cc(-c3csc(NC(C)C)n3)nc3cc(OC)ccc23)CN1C(=O)[C@@H](NC(=O)OC1CCCC1)C(C)(C)C)C(=O)NP(=O)(OC)OC. The van der Waals surface area contributed by atoms with Crippen LogP contribution in [0.5, 0.6) is 11.5 Å². The first kappa shape index (κ1) is 44.3. The summed E-state index contributed by atoms with van der Waals surface area (Å²) in [5.74, 6) is -0.873. The number of hydrogen-bond donors (Lipinski definition) is 4. The molecule has 17 nitrogen and oxygen atoms in total. The second kappa shape index (κ2) is 16.8. The van der Waals surface area contributed by atoms with Crippen molar-refractivity contribution in [1.82, 2.24) is 30.6 Å². The third-order valence-electron chi connectivity index (χ3n) is 12.0. The van der Waals surface area contributed by atoms with Crippen LogP contribution in [0, 0.1) is 10.8 Å². The molecule has 3 aliphatic carbocycles. The fourth-order valence-corrected chi connectivity index (χ4v) is 10.1. The van der Waals surface area contributed by atoms with Crippen LogP contribution in [0.25, 0.3) is 22.3 Å². The average Bonchev–Trinajstić information content (AvgIpc) is 3.64. The molecule has 7 rings (SSSR count). The van der Waals surface area contributed by atoms with Gasteiger partial charge in [-0.3, -0.25) is 28.5 Å². The van der Waals surface area contributed by atoms with Gasteiger partial charge in [-0.05, 0) is 69.9 Å². The van der Waals surface area contributed by atoms with E-state index in [0.717, 1.165) is 50.6 Å². The van der Waals surface area contributed by atoms with E-state index in [4.69, 9.17) is 33.2 Å². The zero-order valence-corrected chi connectivity index (χ0v) is 37.6. The van der Waals surface area contributed by atoms with Crippen molar-refractivity contribution in [2.45, 2.75) is 115 Å². The summed E-state index contributed by atoms with van der Waals surface area (Å²) < 4.78 is 41.0. The molecule has 19 heteroatoms. The number of rotatable bonds is 15. The van der Waals surface area contributed by atoms with E-state index in [1.807, 2.05) is 46.1 Å². The van der Waals surface area contributed by atoms with Gasteiger partial charge in [-0.1, -0.05) is 32.9 Å². The first-order valence-corrected chi connectivity index (χ1v) is 23.0. The van der Waals surface area contributed by atoms with E-state index < -0.39 is 66.1 Å². The van der Waals surface area contributed by atoms with E-state index in [1.165, 1.54) is 16.2 Å². The number of ether oxygens (including phenoxy) is 3. The summed E-state index contributed by atoms with van der Waals surface area (Å²) in [7, 11) is -0.184. The van der Waals surface area contributed by atoms with Gasteiger partial charge in [0.05, 0.1) is 24.9 Å². The van der Waals surface area contributed by atoms with Gasteiger partial charge in [0.15, 0.2) is 5.13 Å². The van der Waals surface area contributed by atoms with Crippen LogP contribution in [-0.4, -0.2) is 102 Å². The second-order valence-electron chi connectivity index (χ2n) is 17.7. The Kier molecular flexibility index (Phi) is 12.2. The molecule has 0 radical (unpaired) electrons. The maximum Gasteiger partial charge on any atom is 0.434 e. The van der Waals surface area contributed by atoms with Gasteiger partial charge in [0, 0.05) is 55.0 Å². The summed E-state index contributed by atoms with van der Waals surface area (Å²) in [6, 6.07) is 5.13. The molecule has 3 aromatic rings. The number of aromatic nitrogens is 2. The molecule has 330 valence electrons. The lowest BCUT2D eigenvalue weighted by atomic mass is 9.85. The number of hydrogen-bond acceptors (Lipinski definition) is 14. The van der Waals surface area contributed by atoms with E-state index in [1.54, 1.807) is 25.3 Å². The lowest BCUT2D eigenvalue weighted by molar-refractivity contribution is -0.143. The molecule has 61 heavy (non-hydrogen) atoms. The Morgan fingerprint density at radius 2 is 1.72 bits per heavy atom. The van der Waals surface area contributed by atoms with Gasteiger partial charge in [-0.25, -0.2) is 19.3 Å². The molecule has 1 aliphatic heterocycles. The molecule has 2 aromatic heterocycles. The Morgan fingerprint density at radius 3 is 2.33 bits per heavy atom. The molecule has 4 N–H and O–H groups in total. The molecule has 1 saturated heterocycles. The molecule has 4 aliphatic rings. The fourth-order valence-electron chi connectivity index (χ4n) is 8.48. The van der Waals surface area contributed by atoms with E-state index in [2.05, 4.69) is 27.6 Å². The Morgan fingerprint density at radius 1 is 1.02 bits per heavy atom. The zero-order chi connectivity index (χ0) is 44.1. The smallest absolute Gasteiger partial charge is 0.434 e. The molecule has 5 atom stereocenters. The average molecular weight is 882 g/mol. The minimum atomic E-state index is -4.04. The van der Waals surface area contributed by atoms with Crippen molar-refractivity contribution in [2.24, 2.45) is 10.8 Å². The maximum atomic E-state index is 14.9. The zero-order valence-electron chi connectivity index (χ0n) is 35.9. The Hall–Kier alpha value is -4.77. The number of amides is 4. The summed E-state index contributed by atoms with van der Waals surface area (Å²) in [4.78, 5) is 67.9. The number of pyridine rings is 1. The summed E-state index contributed by atoms with van der Waals surface area (Å²) in [6.07, 6.45) is 2.43. The predicted octanol–water partition coefficient (Wildman–Crippen LogP) is 6.34. The Labute approximate surface area is 359 Å². The van der Waals surface area contributed by atoms with Crippen LogP contribution < -0.4 is 30.5 Å². The highest BCUT2D eigenvalue weighted by Gasteiger charge is 2.81. The highest BCUT2D eigenvalue weighted by molar-refractivity contribution is 7.52. The number of carbonyl (C=O) groups is 4. The highest BCUT2D eigenvalue weighted by Crippen LogP contribution is 2.76. The number of thiazole rings is 1. The van der Waals surface area contributed by atoms with Gasteiger partial charge in [0.2, 0.25) is 11.8 Å². The largest absolute Gasteiger partial charge is 0.497 e. The monoisotopic (exact) mass is 881 g/mol. The van der Waals surface area contributed by atoms with Crippen molar-refractivity contribution in [3.05, 3.63) is 41.8 Å². The Balaban J connectivity index is 1.22. The minimum absolute atomic E-state index is 0.0235. The van der Waals surface area contributed by atoms with Crippen LogP contribution in [0.15, 0.2) is 41.8 Å². The normalized spacial score (nSPS) is 24.1. The first-order valence-electron chi connectivity index (χ1n) is 20.5. The topological polar surface area (TPSA) is 209 Å². The van der Waals surface area contributed by atoms with Crippen LogP contribution in [0.2, 0.25) is 0 Å². The molecule has 0 unspecified atom stereocenters. The van der Waals surface area contributed by atoms with Gasteiger partial charge < -0.3 is 35.1 Å².